The molecule has 4 rings (SSSR count). The second-order valence-electron chi connectivity index (χ2n) is 5.65. The zero-order valence-electron chi connectivity index (χ0n) is 14.1. The number of ketones is 1. The molecular weight excluding hydrogens is 405 g/mol. The van der Waals surface area contributed by atoms with E-state index >= 15 is 0 Å². The molecule has 4 aromatic rings. The third-order valence-corrected chi connectivity index (χ3v) is 5.51. The Kier molecular flexibility index (Phi) is 4.86. The average molecular weight is 418 g/mol. The van der Waals surface area contributed by atoms with Crippen LogP contribution in [0.3, 0.4) is 0 Å². The highest BCUT2D eigenvalue weighted by atomic mass is 35.5. The van der Waals surface area contributed by atoms with Gasteiger partial charge < -0.3 is 4.74 Å². The van der Waals surface area contributed by atoms with Crippen molar-refractivity contribution in [3.63, 3.8) is 0 Å². The maximum Gasteiger partial charge on any atom is 0.221 e. The lowest BCUT2D eigenvalue weighted by Gasteiger charge is -2.07. The van der Waals surface area contributed by atoms with Crippen LogP contribution in [0.4, 0.5) is 0 Å². The fourth-order valence-corrected chi connectivity index (χ4v) is 4.18. The summed E-state index contributed by atoms with van der Waals surface area (Å²) in [6, 6.07) is 12.5. The highest BCUT2D eigenvalue weighted by Gasteiger charge is 2.27. The Morgan fingerprint density at radius 2 is 2.04 bits per heavy atom. The molecule has 2 heterocycles. The number of H-pyrrole nitrogens is 1. The minimum absolute atomic E-state index is 0.270. The van der Waals surface area contributed by atoms with E-state index in [0.717, 1.165) is 10.2 Å². The number of hydrogen-bond donors (Lipinski definition) is 1. The van der Waals surface area contributed by atoms with Crippen LogP contribution in [0, 0.1) is 0 Å². The van der Waals surface area contributed by atoms with Crippen molar-refractivity contribution in [3.8, 4) is 16.6 Å². The van der Waals surface area contributed by atoms with Crippen LogP contribution in [0.2, 0.25) is 10.0 Å². The van der Waals surface area contributed by atoms with Gasteiger partial charge in [-0.05, 0) is 37.3 Å². The highest BCUT2D eigenvalue weighted by Crippen LogP contribution is 2.36. The van der Waals surface area contributed by atoms with Gasteiger partial charge in [-0.15, -0.1) is 11.3 Å². The van der Waals surface area contributed by atoms with E-state index in [0.29, 0.717) is 39.3 Å². The first-order valence-electron chi connectivity index (χ1n) is 8.15. The molecule has 0 aliphatic rings. The lowest BCUT2D eigenvalue weighted by Crippen LogP contribution is -2.06. The number of halogens is 2. The van der Waals surface area contributed by atoms with Gasteiger partial charge in [-0.2, -0.15) is 5.10 Å². The van der Waals surface area contributed by atoms with Crippen LogP contribution >= 0.6 is 34.5 Å². The molecule has 0 aliphatic carbocycles. The number of carbonyl (C=O) groups excluding carboxylic acids is 1. The number of para-hydroxylation sites is 1. The van der Waals surface area contributed by atoms with E-state index in [4.69, 9.17) is 27.9 Å². The smallest absolute Gasteiger partial charge is 0.221 e. The molecule has 0 radical (unpaired) electrons. The zero-order valence-corrected chi connectivity index (χ0v) is 16.5. The van der Waals surface area contributed by atoms with Crippen molar-refractivity contribution in [1.82, 2.24) is 15.2 Å². The molecule has 136 valence electrons. The van der Waals surface area contributed by atoms with Crippen molar-refractivity contribution < 1.29 is 9.53 Å². The van der Waals surface area contributed by atoms with E-state index in [-0.39, 0.29) is 10.8 Å². The van der Waals surface area contributed by atoms with Crippen LogP contribution in [0.1, 0.15) is 22.8 Å². The van der Waals surface area contributed by atoms with Gasteiger partial charge in [0, 0.05) is 10.6 Å². The Bertz CT molecular complexity index is 1120. The molecule has 0 unspecified atom stereocenters. The zero-order chi connectivity index (χ0) is 19.0. The van der Waals surface area contributed by atoms with Crippen LogP contribution in [-0.2, 0) is 0 Å². The van der Waals surface area contributed by atoms with Gasteiger partial charge in [-0.3, -0.25) is 4.79 Å². The van der Waals surface area contributed by atoms with Crippen molar-refractivity contribution in [3.05, 3.63) is 63.6 Å². The van der Waals surface area contributed by atoms with Gasteiger partial charge in [0.15, 0.2) is 0 Å². The Morgan fingerprint density at radius 3 is 2.78 bits per heavy atom. The van der Waals surface area contributed by atoms with Crippen LogP contribution in [-0.4, -0.2) is 27.6 Å². The molecule has 0 atom stereocenters. The first-order valence-corrected chi connectivity index (χ1v) is 9.72. The maximum absolute atomic E-state index is 13.3. The molecule has 0 spiro atoms. The number of benzene rings is 2. The summed E-state index contributed by atoms with van der Waals surface area (Å²) in [4.78, 5) is 17.9. The summed E-state index contributed by atoms with van der Waals surface area (Å²) in [6.07, 6.45) is 0. The number of rotatable bonds is 5. The molecule has 8 heteroatoms. The van der Waals surface area contributed by atoms with Crippen molar-refractivity contribution in [2.24, 2.45) is 0 Å². The molecule has 27 heavy (non-hydrogen) atoms. The maximum atomic E-state index is 13.3. The minimum Gasteiger partial charge on any atom is -0.478 e. The van der Waals surface area contributed by atoms with Crippen molar-refractivity contribution in [1.29, 1.82) is 0 Å². The predicted molar refractivity (Wildman–Crippen MR) is 108 cm³/mol. The summed E-state index contributed by atoms with van der Waals surface area (Å²) in [5, 5.41) is 8.47. The molecule has 1 N–H and O–H groups in total. The van der Waals surface area contributed by atoms with Gasteiger partial charge in [0.1, 0.15) is 16.3 Å². The summed E-state index contributed by atoms with van der Waals surface area (Å²) >= 11 is 13.7. The van der Waals surface area contributed by atoms with Crippen molar-refractivity contribution in [2.45, 2.75) is 6.92 Å². The highest BCUT2D eigenvalue weighted by molar-refractivity contribution is 7.21. The molecular formula is C19H13Cl2N3O2S. The number of aromatic amines is 1. The van der Waals surface area contributed by atoms with Crippen molar-refractivity contribution >= 4 is 50.5 Å². The summed E-state index contributed by atoms with van der Waals surface area (Å²) in [5.41, 5.74) is 1.92. The third kappa shape index (κ3) is 3.32. The predicted octanol–water partition coefficient (Wildman–Crippen LogP) is 5.62. The lowest BCUT2D eigenvalue weighted by atomic mass is 10.0. The van der Waals surface area contributed by atoms with Gasteiger partial charge in [0.2, 0.25) is 11.7 Å². The van der Waals surface area contributed by atoms with Gasteiger partial charge in [0.25, 0.3) is 0 Å². The van der Waals surface area contributed by atoms with E-state index in [2.05, 4.69) is 15.2 Å². The molecule has 2 aromatic carbocycles. The van der Waals surface area contributed by atoms with Crippen LogP contribution in [0.5, 0.6) is 5.88 Å². The summed E-state index contributed by atoms with van der Waals surface area (Å²) in [6.45, 7) is 2.22. The van der Waals surface area contributed by atoms with Crippen LogP contribution in [0.25, 0.3) is 20.9 Å². The summed E-state index contributed by atoms with van der Waals surface area (Å²) in [5.74, 6) is -0.00843. The number of hydrogen-bond acceptors (Lipinski definition) is 5. The molecule has 0 fully saturated rings. The quantitative estimate of drug-likeness (QED) is 0.427. The fraction of sp³-hybridized carbons (Fsp3) is 0.105. The number of carbonyl (C=O) groups is 1. The molecule has 2 aromatic heterocycles. The summed E-state index contributed by atoms with van der Waals surface area (Å²) in [7, 11) is 0. The molecule has 0 saturated carbocycles. The van der Waals surface area contributed by atoms with Gasteiger partial charge in [-0.1, -0.05) is 35.3 Å². The number of thiazole rings is 1. The standard InChI is InChI=1S/C19H13Cl2N3O2S/c1-2-26-18-15(17(25)11-8-7-10(20)9-12(11)21)16(23-24-18)19-22-13-5-3-4-6-14(13)27-19/h3-9H,2H2,1H3,(H,23,24). The molecule has 5 nitrogen and oxygen atoms in total. The number of aromatic nitrogens is 3. The van der Waals surface area contributed by atoms with E-state index < -0.39 is 0 Å². The van der Waals surface area contributed by atoms with E-state index in [1.54, 1.807) is 12.1 Å². The molecule has 0 saturated heterocycles. The van der Waals surface area contributed by atoms with Crippen LogP contribution < -0.4 is 4.74 Å². The Morgan fingerprint density at radius 1 is 1.22 bits per heavy atom. The molecule has 0 bridgehead atoms. The number of ether oxygens (including phenoxy) is 1. The Labute approximate surface area is 168 Å². The number of fused-ring (bicyclic) bond motifs is 1. The third-order valence-electron chi connectivity index (χ3n) is 3.92. The number of nitrogens with one attached hydrogen (secondary N) is 1. The summed E-state index contributed by atoms with van der Waals surface area (Å²) < 4.78 is 6.60. The first kappa shape index (κ1) is 18.0. The van der Waals surface area contributed by atoms with Gasteiger partial charge >= 0.3 is 0 Å². The van der Waals surface area contributed by atoms with Gasteiger partial charge in [-0.25, -0.2) is 10.1 Å². The normalized spacial score (nSPS) is 11.1. The lowest BCUT2D eigenvalue weighted by molar-refractivity contribution is 0.103. The molecule has 0 amide bonds. The van der Waals surface area contributed by atoms with Crippen LogP contribution in [0.15, 0.2) is 42.5 Å². The Balaban J connectivity index is 1.87. The largest absolute Gasteiger partial charge is 0.478 e. The fourth-order valence-electron chi connectivity index (χ4n) is 2.72. The molecule has 0 aliphatic heterocycles. The number of nitrogens with zero attached hydrogens (tertiary/aromatic N) is 2. The van der Waals surface area contributed by atoms with E-state index in [1.165, 1.54) is 17.4 Å². The van der Waals surface area contributed by atoms with Crippen molar-refractivity contribution in [2.75, 3.05) is 6.61 Å². The van der Waals surface area contributed by atoms with E-state index in [1.807, 2.05) is 31.2 Å². The Hall–Kier alpha value is -2.41. The minimum atomic E-state index is -0.303. The SMILES string of the molecule is CCOc1[nH]nc(-c2nc3ccccc3s2)c1C(=O)c1ccc(Cl)cc1Cl. The first-order chi connectivity index (χ1) is 13.1. The van der Waals surface area contributed by atoms with Gasteiger partial charge in [0.05, 0.1) is 21.8 Å². The second kappa shape index (κ2) is 7.31. The second-order valence-corrected chi connectivity index (χ2v) is 7.52. The van der Waals surface area contributed by atoms with E-state index in [9.17, 15) is 4.79 Å². The monoisotopic (exact) mass is 417 g/mol. The topological polar surface area (TPSA) is 67.9 Å². The average Bonchev–Trinajstić information content (AvgIpc) is 3.25.